The summed E-state index contributed by atoms with van der Waals surface area (Å²) in [5.41, 5.74) is 2.09. The van der Waals surface area contributed by atoms with Gasteiger partial charge in [-0.3, -0.25) is 14.9 Å². The molecule has 0 heterocycles. The Balaban J connectivity index is 1.52. The Kier molecular flexibility index (Phi) is 6.65. The van der Waals surface area contributed by atoms with Crippen molar-refractivity contribution in [1.29, 1.82) is 0 Å². The average Bonchev–Trinajstić information content (AvgIpc) is 2.70. The van der Waals surface area contributed by atoms with Gasteiger partial charge < -0.3 is 10.6 Å². The van der Waals surface area contributed by atoms with Crippen molar-refractivity contribution in [1.82, 2.24) is 5.32 Å². The van der Waals surface area contributed by atoms with Gasteiger partial charge in [0.25, 0.3) is 5.91 Å². The zero-order valence-corrected chi connectivity index (χ0v) is 16.1. The lowest BCUT2D eigenvalue weighted by molar-refractivity contribution is -0.115. The van der Waals surface area contributed by atoms with Crippen molar-refractivity contribution in [2.24, 2.45) is 0 Å². The number of amides is 2. The molecule has 3 aromatic rings. The predicted molar refractivity (Wildman–Crippen MR) is 115 cm³/mol. The normalized spacial score (nSPS) is 10.1. The number of rotatable bonds is 5. The Hall–Kier alpha value is -3.58. The van der Waals surface area contributed by atoms with E-state index in [1.165, 1.54) is 18.2 Å². The summed E-state index contributed by atoms with van der Waals surface area (Å²) in [5, 5.41) is 8.14. The van der Waals surface area contributed by atoms with E-state index in [1.807, 2.05) is 30.3 Å². The molecule has 0 fully saturated rings. The first-order valence-corrected chi connectivity index (χ1v) is 9.23. The molecule has 0 aliphatic rings. The Labute approximate surface area is 173 Å². The highest BCUT2D eigenvalue weighted by Crippen LogP contribution is 2.14. The minimum atomic E-state index is -0.634. The summed E-state index contributed by atoms with van der Waals surface area (Å²) in [4.78, 5) is 24.2. The van der Waals surface area contributed by atoms with E-state index < -0.39 is 11.7 Å². The molecule has 0 saturated heterocycles. The van der Waals surface area contributed by atoms with Gasteiger partial charge in [0.2, 0.25) is 5.91 Å². The van der Waals surface area contributed by atoms with Crippen LogP contribution in [-0.4, -0.2) is 16.9 Å². The number of halogens is 1. The first-order chi connectivity index (χ1) is 14.0. The van der Waals surface area contributed by atoms with E-state index in [1.54, 1.807) is 30.3 Å². The quantitative estimate of drug-likeness (QED) is 0.556. The molecular weight excluding hydrogens is 389 g/mol. The molecule has 0 atom stereocenters. The fourth-order valence-corrected chi connectivity index (χ4v) is 2.81. The molecule has 3 aromatic carbocycles. The van der Waals surface area contributed by atoms with Gasteiger partial charge in [-0.2, -0.15) is 0 Å². The van der Waals surface area contributed by atoms with Gasteiger partial charge in [-0.25, -0.2) is 4.39 Å². The van der Waals surface area contributed by atoms with Crippen LogP contribution in [0.1, 0.15) is 15.9 Å². The second kappa shape index (κ2) is 9.57. The molecule has 0 bridgehead atoms. The molecule has 0 saturated carbocycles. The highest BCUT2D eigenvalue weighted by molar-refractivity contribution is 7.80. The summed E-state index contributed by atoms with van der Waals surface area (Å²) < 4.78 is 13.6. The van der Waals surface area contributed by atoms with E-state index in [0.717, 1.165) is 5.56 Å². The van der Waals surface area contributed by atoms with E-state index in [4.69, 9.17) is 12.2 Å². The third-order valence-corrected chi connectivity index (χ3v) is 4.18. The third-order valence-electron chi connectivity index (χ3n) is 3.98. The maximum absolute atomic E-state index is 13.6. The molecule has 146 valence electrons. The number of anilines is 2. The molecule has 0 aliphatic carbocycles. The van der Waals surface area contributed by atoms with E-state index in [0.29, 0.717) is 11.4 Å². The lowest BCUT2D eigenvalue weighted by Gasteiger charge is -2.11. The fraction of sp³-hybridized carbons (Fsp3) is 0.0455. The number of nitrogens with one attached hydrogen (secondary N) is 3. The number of carbonyl (C=O) groups is 2. The van der Waals surface area contributed by atoms with Crippen LogP contribution in [-0.2, 0) is 11.2 Å². The predicted octanol–water partition coefficient (Wildman–Crippen LogP) is 4.13. The van der Waals surface area contributed by atoms with Crippen molar-refractivity contribution in [2.45, 2.75) is 6.42 Å². The van der Waals surface area contributed by atoms with E-state index in [2.05, 4.69) is 16.0 Å². The van der Waals surface area contributed by atoms with Crippen LogP contribution >= 0.6 is 12.2 Å². The second-order valence-electron chi connectivity index (χ2n) is 6.18. The van der Waals surface area contributed by atoms with Crippen molar-refractivity contribution in [3.05, 3.63) is 95.8 Å². The topological polar surface area (TPSA) is 70.2 Å². The van der Waals surface area contributed by atoms with Crippen molar-refractivity contribution in [2.75, 3.05) is 10.6 Å². The number of hydrogen-bond acceptors (Lipinski definition) is 3. The molecule has 29 heavy (non-hydrogen) atoms. The molecule has 0 radical (unpaired) electrons. The molecule has 3 rings (SSSR count). The minimum Gasteiger partial charge on any atom is -0.332 e. The number of carbonyl (C=O) groups excluding carboxylic acids is 2. The molecule has 0 aliphatic heterocycles. The monoisotopic (exact) mass is 407 g/mol. The van der Waals surface area contributed by atoms with Crippen molar-refractivity contribution in [3.8, 4) is 0 Å². The largest absolute Gasteiger partial charge is 0.332 e. The Bertz CT molecular complexity index is 1020. The van der Waals surface area contributed by atoms with Gasteiger partial charge in [-0.05, 0) is 54.2 Å². The second-order valence-corrected chi connectivity index (χ2v) is 6.58. The standard InChI is InChI=1S/C22H18FN3O2S/c23-19-9-5-4-8-18(19)21(28)26-22(29)25-17-12-10-16(11-13-17)24-20(27)14-15-6-2-1-3-7-15/h1-13H,14H2,(H,24,27)(H2,25,26,28,29). The number of benzene rings is 3. The zero-order valence-electron chi connectivity index (χ0n) is 15.3. The Morgan fingerprint density at radius 3 is 2.03 bits per heavy atom. The van der Waals surface area contributed by atoms with Gasteiger partial charge in [-0.15, -0.1) is 0 Å². The first kappa shape index (κ1) is 20.2. The van der Waals surface area contributed by atoms with Crippen molar-refractivity contribution in [3.63, 3.8) is 0 Å². The molecule has 0 aromatic heterocycles. The number of hydrogen-bond donors (Lipinski definition) is 3. The highest BCUT2D eigenvalue weighted by Gasteiger charge is 2.12. The van der Waals surface area contributed by atoms with Gasteiger partial charge >= 0.3 is 0 Å². The number of thiocarbonyl (C=S) groups is 1. The van der Waals surface area contributed by atoms with Crippen LogP contribution in [0, 0.1) is 5.82 Å². The van der Waals surface area contributed by atoms with Gasteiger partial charge in [0.05, 0.1) is 12.0 Å². The summed E-state index contributed by atoms with van der Waals surface area (Å²) in [7, 11) is 0. The van der Waals surface area contributed by atoms with Crippen LogP contribution in [0.5, 0.6) is 0 Å². The van der Waals surface area contributed by atoms with Gasteiger partial charge in [0.1, 0.15) is 5.82 Å². The molecular formula is C22H18FN3O2S. The van der Waals surface area contributed by atoms with Gasteiger partial charge in [0.15, 0.2) is 5.11 Å². The molecule has 7 heteroatoms. The maximum atomic E-state index is 13.6. The van der Waals surface area contributed by atoms with Crippen LogP contribution < -0.4 is 16.0 Å². The van der Waals surface area contributed by atoms with Crippen LogP contribution in [0.15, 0.2) is 78.9 Å². The lowest BCUT2D eigenvalue weighted by atomic mass is 10.1. The Morgan fingerprint density at radius 1 is 0.793 bits per heavy atom. The van der Waals surface area contributed by atoms with Crippen LogP contribution in [0.2, 0.25) is 0 Å². The van der Waals surface area contributed by atoms with E-state index >= 15 is 0 Å². The van der Waals surface area contributed by atoms with Crippen molar-refractivity contribution >= 4 is 40.5 Å². The molecule has 0 unspecified atom stereocenters. The minimum absolute atomic E-state index is 0.0408. The summed E-state index contributed by atoms with van der Waals surface area (Å²) in [6.45, 7) is 0. The Morgan fingerprint density at radius 2 is 1.38 bits per heavy atom. The van der Waals surface area contributed by atoms with Gasteiger partial charge in [0, 0.05) is 11.4 Å². The molecule has 2 amide bonds. The maximum Gasteiger partial charge on any atom is 0.260 e. The lowest BCUT2D eigenvalue weighted by Crippen LogP contribution is -2.34. The smallest absolute Gasteiger partial charge is 0.260 e. The van der Waals surface area contributed by atoms with Crippen LogP contribution in [0.3, 0.4) is 0 Å². The third kappa shape index (κ3) is 5.95. The van der Waals surface area contributed by atoms with E-state index in [9.17, 15) is 14.0 Å². The van der Waals surface area contributed by atoms with Gasteiger partial charge in [-0.1, -0.05) is 42.5 Å². The molecule has 0 spiro atoms. The van der Waals surface area contributed by atoms with Crippen LogP contribution in [0.4, 0.5) is 15.8 Å². The summed E-state index contributed by atoms with van der Waals surface area (Å²) in [5.74, 6) is -1.38. The average molecular weight is 407 g/mol. The highest BCUT2D eigenvalue weighted by atomic mass is 32.1. The summed E-state index contributed by atoms with van der Waals surface area (Å²) in [6, 6.07) is 22.0. The summed E-state index contributed by atoms with van der Waals surface area (Å²) >= 11 is 5.10. The molecule has 3 N–H and O–H groups in total. The molecule has 5 nitrogen and oxygen atoms in total. The summed E-state index contributed by atoms with van der Waals surface area (Å²) in [6.07, 6.45) is 0.285. The zero-order chi connectivity index (χ0) is 20.6. The van der Waals surface area contributed by atoms with E-state index in [-0.39, 0.29) is 23.0 Å². The van der Waals surface area contributed by atoms with Crippen LogP contribution in [0.25, 0.3) is 0 Å². The first-order valence-electron chi connectivity index (χ1n) is 8.82. The van der Waals surface area contributed by atoms with Crippen molar-refractivity contribution < 1.29 is 14.0 Å². The SMILES string of the molecule is O=C(Cc1ccccc1)Nc1ccc(NC(=S)NC(=O)c2ccccc2F)cc1. The fourth-order valence-electron chi connectivity index (χ4n) is 2.60.